The minimum absolute atomic E-state index is 0.279. The Morgan fingerprint density at radius 1 is 1.06 bits per heavy atom. The van der Waals surface area contributed by atoms with Crippen LogP contribution in [0.1, 0.15) is 50.2 Å². The number of esters is 1. The van der Waals surface area contributed by atoms with Gasteiger partial charge in [0.1, 0.15) is 6.54 Å². The van der Waals surface area contributed by atoms with Gasteiger partial charge in [0.2, 0.25) is 5.60 Å². The van der Waals surface area contributed by atoms with Gasteiger partial charge in [-0.25, -0.2) is 4.79 Å². The SMILES string of the molecule is CCCCCC#CC[N+]1(C)CC[C@H](COC(=O)C(O)(c2ccccc2)c2ccccc2)C1. The van der Waals surface area contributed by atoms with Crippen LogP contribution in [0, 0.1) is 17.8 Å². The largest absolute Gasteiger partial charge is 0.462 e. The molecule has 0 radical (unpaired) electrons. The fourth-order valence-electron chi connectivity index (χ4n) is 4.44. The van der Waals surface area contributed by atoms with Crippen molar-refractivity contribution in [1.82, 2.24) is 0 Å². The lowest BCUT2D eigenvalue weighted by molar-refractivity contribution is -0.892. The number of rotatable bonds is 9. The van der Waals surface area contributed by atoms with E-state index in [9.17, 15) is 9.90 Å². The summed E-state index contributed by atoms with van der Waals surface area (Å²) in [6.07, 6.45) is 5.62. The van der Waals surface area contributed by atoms with Gasteiger partial charge in [-0.15, -0.1) is 0 Å². The monoisotopic (exact) mass is 434 g/mol. The van der Waals surface area contributed by atoms with Gasteiger partial charge >= 0.3 is 5.97 Å². The molecule has 0 bridgehead atoms. The molecule has 2 aromatic carbocycles. The summed E-state index contributed by atoms with van der Waals surface area (Å²) in [4.78, 5) is 13.2. The van der Waals surface area contributed by atoms with Crippen molar-refractivity contribution in [3.05, 3.63) is 71.8 Å². The number of quaternary nitrogens is 1. The number of likely N-dealkylation sites (tertiary alicyclic amines) is 1. The van der Waals surface area contributed by atoms with Crippen LogP contribution in [-0.4, -0.2) is 48.8 Å². The summed E-state index contributed by atoms with van der Waals surface area (Å²) in [5, 5.41) is 11.5. The van der Waals surface area contributed by atoms with Gasteiger partial charge < -0.3 is 14.3 Å². The minimum Gasteiger partial charge on any atom is -0.462 e. The van der Waals surface area contributed by atoms with E-state index in [2.05, 4.69) is 25.8 Å². The topological polar surface area (TPSA) is 46.5 Å². The first kappa shape index (κ1) is 24.0. The molecule has 1 heterocycles. The third-order valence-corrected chi connectivity index (χ3v) is 6.40. The molecule has 32 heavy (non-hydrogen) atoms. The van der Waals surface area contributed by atoms with Gasteiger partial charge in [-0.3, -0.25) is 0 Å². The zero-order chi connectivity index (χ0) is 22.9. The van der Waals surface area contributed by atoms with Crippen LogP contribution < -0.4 is 0 Å². The Morgan fingerprint density at radius 2 is 1.69 bits per heavy atom. The van der Waals surface area contributed by atoms with Crippen LogP contribution in [0.4, 0.5) is 0 Å². The highest BCUT2D eigenvalue weighted by Crippen LogP contribution is 2.32. The van der Waals surface area contributed by atoms with E-state index in [1.54, 1.807) is 24.3 Å². The predicted octanol–water partition coefficient (Wildman–Crippen LogP) is 4.52. The number of unbranched alkanes of at least 4 members (excludes halogenated alkanes) is 3. The van der Waals surface area contributed by atoms with Crippen molar-refractivity contribution in [3.8, 4) is 11.8 Å². The second-order valence-electron chi connectivity index (χ2n) is 9.19. The van der Waals surface area contributed by atoms with Crippen LogP contribution in [0.25, 0.3) is 0 Å². The van der Waals surface area contributed by atoms with E-state index in [1.807, 2.05) is 36.4 Å². The summed E-state index contributed by atoms with van der Waals surface area (Å²) >= 11 is 0. The van der Waals surface area contributed by atoms with E-state index in [0.29, 0.717) is 17.7 Å². The number of nitrogens with zero attached hydrogens (tertiary/aromatic N) is 1. The maximum absolute atomic E-state index is 13.2. The molecule has 2 atom stereocenters. The molecule has 3 rings (SSSR count). The van der Waals surface area contributed by atoms with Crippen LogP contribution in [0.3, 0.4) is 0 Å². The summed E-state index contributed by atoms with van der Waals surface area (Å²) in [6.45, 7) is 5.34. The molecule has 0 saturated carbocycles. The Morgan fingerprint density at radius 3 is 2.28 bits per heavy atom. The number of aliphatic hydroxyl groups is 1. The Balaban J connectivity index is 1.60. The summed E-state index contributed by atoms with van der Waals surface area (Å²) in [6, 6.07) is 18.1. The lowest BCUT2D eigenvalue weighted by atomic mass is 9.86. The smallest absolute Gasteiger partial charge is 0.347 e. The zero-order valence-corrected chi connectivity index (χ0v) is 19.4. The molecule has 1 aliphatic rings. The van der Waals surface area contributed by atoms with E-state index in [1.165, 1.54) is 19.3 Å². The van der Waals surface area contributed by atoms with Crippen molar-refractivity contribution in [3.63, 3.8) is 0 Å². The van der Waals surface area contributed by atoms with Crippen LogP contribution in [-0.2, 0) is 15.1 Å². The van der Waals surface area contributed by atoms with E-state index in [4.69, 9.17) is 4.74 Å². The Hall–Kier alpha value is -2.61. The maximum atomic E-state index is 13.2. The highest BCUT2D eigenvalue weighted by molar-refractivity contribution is 5.85. The molecule has 4 nitrogen and oxygen atoms in total. The quantitative estimate of drug-likeness (QED) is 0.273. The van der Waals surface area contributed by atoms with Gasteiger partial charge in [0.05, 0.1) is 26.7 Å². The standard InChI is InChI=1S/C28H36NO3/c1-3-4-5-6-7-14-20-29(2)21-19-24(22-29)23-32-27(30)28(31,25-15-10-8-11-16-25)26-17-12-9-13-18-26/h8-13,15-18,24,31H,3-6,19-23H2,1-2H3/q+1/t24-,29?/m0/s1. The number of hydrogen-bond acceptors (Lipinski definition) is 3. The van der Waals surface area contributed by atoms with Crippen LogP contribution in [0.5, 0.6) is 0 Å². The number of carbonyl (C=O) groups is 1. The molecule has 0 aromatic heterocycles. The molecule has 1 saturated heterocycles. The van der Waals surface area contributed by atoms with Crippen LogP contribution in [0.2, 0.25) is 0 Å². The maximum Gasteiger partial charge on any atom is 0.347 e. The summed E-state index contributed by atoms with van der Waals surface area (Å²) in [7, 11) is 2.23. The number of ether oxygens (including phenoxy) is 1. The van der Waals surface area contributed by atoms with Crippen molar-refractivity contribution >= 4 is 5.97 Å². The van der Waals surface area contributed by atoms with Gasteiger partial charge in [-0.2, -0.15) is 0 Å². The van der Waals surface area contributed by atoms with E-state index in [0.717, 1.165) is 37.0 Å². The van der Waals surface area contributed by atoms with Gasteiger partial charge in [0.15, 0.2) is 0 Å². The average molecular weight is 435 g/mol. The lowest BCUT2D eigenvalue weighted by Crippen LogP contribution is -2.43. The minimum atomic E-state index is -1.82. The van der Waals surface area contributed by atoms with Gasteiger partial charge in [0.25, 0.3) is 0 Å². The van der Waals surface area contributed by atoms with Crippen molar-refractivity contribution < 1.29 is 19.1 Å². The molecular formula is C28H36NO3+. The summed E-state index contributed by atoms with van der Waals surface area (Å²) in [5.74, 6) is 6.32. The second kappa shape index (κ2) is 11.3. The molecule has 0 amide bonds. The first-order valence-corrected chi connectivity index (χ1v) is 11.8. The summed E-state index contributed by atoms with van der Waals surface area (Å²) in [5.41, 5.74) is -0.786. The molecule has 1 unspecified atom stereocenters. The summed E-state index contributed by atoms with van der Waals surface area (Å²) < 4.78 is 6.62. The second-order valence-corrected chi connectivity index (χ2v) is 9.19. The molecule has 1 aliphatic heterocycles. The number of hydrogen-bond donors (Lipinski definition) is 1. The molecule has 4 heteroatoms. The van der Waals surface area contributed by atoms with E-state index >= 15 is 0 Å². The van der Waals surface area contributed by atoms with Crippen molar-refractivity contribution in [1.29, 1.82) is 0 Å². The highest BCUT2D eigenvalue weighted by atomic mass is 16.5. The van der Waals surface area contributed by atoms with Crippen molar-refractivity contribution in [2.75, 3.05) is 33.3 Å². The third kappa shape index (κ3) is 6.00. The van der Waals surface area contributed by atoms with Gasteiger partial charge in [0, 0.05) is 18.8 Å². The molecular weight excluding hydrogens is 398 g/mol. The molecule has 1 N–H and O–H groups in total. The average Bonchev–Trinajstić information content (AvgIpc) is 3.21. The number of carbonyl (C=O) groups excluding carboxylic acids is 1. The number of benzene rings is 2. The van der Waals surface area contributed by atoms with Crippen molar-refractivity contribution in [2.45, 2.75) is 44.6 Å². The molecule has 0 aliphatic carbocycles. The Labute approximate surface area is 192 Å². The third-order valence-electron chi connectivity index (χ3n) is 6.40. The molecule has 2 aromatic rings. The Kier molecular flexibility index (Phi) is 8.50. The fraction of sp³-hybridized carbons (Fsp3) is 0.464. The first-order valence-electron chi connectivity index (χ1n) is 11.8. The van der Waals surface area contributed by atoms with Gasteiger partial charge in [-0.05, 0) is 23.5 Å². The lowest BCUT2D eigenvalue weighted by Gasteiger charge is -2.28. The first-order chi connectivity index (χ1) is 15.5. The molecule has 170 valence electrons. The van der Waals surface area contributed by atoms with E-state index < -0.39 is 11.6 Å². The van der Waals surface area contributed by atoms with Crippen LogP contribution >= 0.6 is 0 Å². The van der Waals surface area contributed by atoms with E-state index in [-0.39, 0.29) is 5.92 Å². The van der Waals surface area contributed by atoms with Gasteiger partial charge in [-0.1, -0.05) is 86.3 Å². The predicted molar refractivity (Wildman–Crippen MR) is 128 cm³/mol. The Bertz CT molecular complexity index is 876. The van der Waals surface area contributed by atoms with Crippen molar-refractivity contribution in [2.24, 2.45) is 5.92 Å². The molecule has 0 spiro atoms. The highest BCUT2D eigenvalue weighted by Gasteiger charge is 2.43. The van der Waals surface area contributed by atoms with Crippen LogP contribution in [0.15, 0.2) is 60.7 Å². The molecule has 1 fully saturated rings. The fourth-order valence-corrected chi connectivity index (χ4v) is 4.44. The zero-order valence-electron chi connectivity index (χ0n) is 19.4. The normalized spacial score (nSPS) is 20.4.